The highest BCUT2D eigenvalue weighted by Crippen LogP contribution is 2.23. The van der Waals surface area contributed by atoms with Gasteiger partial charge in [-0.1, -0.05) is 17.7 Å². The van der Waals surface area contributed by atoms with Gasteiger partial charge < -0.3 is 10.1 Å². The maximum atomic E-state index is 13.3. The van der Waals surface area contributed by atoms with Crippen LogP contribution >= 0.6 is 11.6 Å². The Balaban J connectivity index is 1.85. The number of methoxy groups -OCH3 is 1. The predicted molar refractivity (Wildman–Crippen MR) is 114 cm³/mol. The highest BCUT2D eigenvalue weighted by Gasteiger charge is 2.19. The molecule has 0 saturated carbocycles. The summed E-state index contributed by atoms with van der Waals surface area (Å²) in [7, 11) is -2.42. The zero-order chi connectivity index (χ0) is 21.9. The average Bonchev–Trinajstić information content (AvgIpc) is 2.71. The fraction of sp³-hybridized carbons (Fsp3) is 0.0952. The van der Waals surface area contributed by atoms with Crippen LogP contribution in [0.2, 0.25) is 5.02 Å². The number of nitrogens with one attached hydrogen (secondary N) is 2. The Morgan fingerprint density at radius 3 is 2.30 bits per heavy atom. The average molecular weight is 449 g/mol. The number of ether oxygens (including phenoxy) is 1. The lowest BCUT2D eigenvalue weighted by Gasteiger charge is -2.12. The van der Waals surface area contributed by atoms with Crippen LogP contribution in [-0.2, 0) is 10.0 Å². The second kappa shape index (κ2) is 8.73. The molecule has 0 fully saturated rings. The summed E-state index contributed by atoms with van der Waals surface area (Å²) in [5, 5.41) is 2.45. The molecule has 0 aromatic heterocycles. The van der Waals surface area contributed by atoms with Crippen molar-refractivity contribution in [1.29, 1.82) is 0 Å². The van der Waals surface area contributed by atoms with Gasteiger partial charge in [-0.25, -0.2) is 12.8 Å². The fourth-order valence-electron chi connectivity index (χ4n) is 2.66. The van der Waals surface area contributed by atoms with Crippen LogP contribution in [0.3, 0.4) is 0 Å². The summed E-state index contributed by atoms with van der Waals surface area (Å²) in [6, 6.07) is 14.4. The summed E-state index contributed by atoms with van der Waals surface area (Å²) < 4.78 is 46.3. The van der Waals surface area contributed by atoms with Crippen molar-refractivity contribution in [1.82, 2.24) is 0 Å². The predicted octanol–water partition coefficient (Wildman–Crippen LogP) is 4.85. The van der Waals surface area contributed by atoms with E-state index in [-0.39, 0.29) is 21.2 Å². The first-order valence-electron chi connectivity index (χ1n) is 8.73. The molecule has 0 bridgehead atoms. The summed E-state index contributed by atoms with van der Waals surface area (Å²) in [4.78, 5) is 12.6. The molecule has 9 heteroatoms. The number of benzene rings is 3. The number of sulfonamides is 1. The molecular weight excluding hydrogens is 431 g/mol. The van der Waals surface area contributed by atoms with Gasteiger partial charge in [-0.15, -0.1) is 0 Å². The van der Waals surface area contributed by atoms with E-state index in [4.69, 9.17) is 16.3 Å². The van der Waals surface area contributed by atoms with Gasteiger partial charge in [-0.2, -0.15) is 0 Å². The fourth-order valence-corrected chi connectivity index (χ4v) is 3.92. The molecule has 6 nitrogen and oxygen atoms in total. The minimum atomic E-state index is -3.93. The van der Waals surface area contributed by atoms with Crippen molar-refractivity contribution >= 4 is 38.9 Å². The summed E-state index contributed by atoms with van der Waals surface area (Å²) in [5.74, 6) is -0.562. The van der Waals surface area contributed by atoms with Crippen LogP contribution < -0.4 is 14.8 Å². The summed E-state index contributed by atoms with van der Waals surface area (Å²) in [6.07, 6.45) is 0. The zero-order valence-corrected chi connectivity index (χ0v) is 17.6. The monoisotopic (exact) mass is 448 g/mol. The third kappa shape index (κ3) is 4.90. The molecule has 0 saturated heterocycles. The maximum absolute atomic E-state index is 13.3. The second-order valence-electron chi connectivity index (χ2n) is 6.39. The van der Waals surface area contributed by atoms with Crippen molar-refractivity contribution in [3.63, 3.8) is 0 Å². The van der Waals surface area contributed by atoms with Crippen LogP contribution in [-0.4, -0.2) is 21.4 Å². The van der Waals surface area contributed by atoms with Crippen molar-refractivity contribution in [2.75, 3.05) is 17.1 Å². The third-order valence-corrected chi connectivity index (χ3v) is 5.95. The van der Waals surface area contributed by atoms with Gasteiger partial charge in [0, 0.05) is 16.9 Å². The molecule has 30 heavy (non-hydrogen) atoms. The van der Waals surface area contributed by atoms with E-state index in [0.717, 1.165) is 6.07 Å². The Kier molecular flexibility index (Phi) is 6.28. The zero-order valence-electron chi connectivity index (χ0n) is 16.1. The smallest absolute Gasteiger partial charge is 0.261 e. The van der Waals surface area contributed by atoms with Gasteiger partial charge >= 0.3 is 0 Å². The number of carbonyl (C=O) groups excluding carboxylic acids is 1. The highest BCUT2D eigenvalue weighted by atomic mass is 35.5. The van der Waals surface area contributed by atoms with Crippen molar-refractivity contribution in [3.8, 4) is 5.75 Å². The second-order valence-corrected chi connectivity index (χ2v) is 8.48. The van der Waals surface area contributed by atoms with E-state index < -0.39 is 21.7 Å². The molecule has 3 aromatic carbocycles. The molecular formula is C21H18ClFN2O4S. The van der Waals surface area contributed by atoms with E-state index in [0.29, 0.717) is 17.0 Å². The Morgan fingerprint density at radius 2 is 1.67 bits per heavy atom. The van der Waals surface area contributed by atoms with Crippen LogP contribution in [0.25, 0.3) is 0 Å². The number of halogens is 2. The molecule has 0 aliphatic heterocycles. The van der Waals surface area contributed by atoms with Crippen molar-refractivity contribution in [3.05, 3.63) is 82.6 Å². The molecule has 0 unspecified atom stereocenters. The van der Waals surface area contributed by atoms with Crippen LogP contribution in [0.5, 0.6) is 5.75 Å². The molecule has 3 rings (SSSR count). The van der Waals surface area contributed by atoms with Crippen LogP contribution in [0.1, 0.15) is 15.9 Å². The molecule has 2 N–H and O–H groups in total. The van der Waals surface area contributed by atoms with Gasteiger partial charge in [0.1, 0.15) is 11.6 Å². The van der Waals surface area contributed by atoms with Gasteiger partial charge in [0.25, 0.3) is 15.9 Å². The molecule has 0 aliphatic carbocycles. The molecule has 0 radical (unpaired) electrons. The summed E-state index contributed by atoms with van der Waals surface area (Å²) >= 11 is 5.73. The lowest BCUT2D eigenvalue weighted by molar-refractivity contribution is 0.102. The van der Waals surface area contributed by atoms with E-state index in [1.807, 2.05) is 0 Å². The van der Waals surface area contributed by atoms with Crippen LogP contribution in [0.15, 0.2) is 65.6 Å². The number of rotatable bonds is 6. The van der Waals surface area contributed by atoms with Crippen LogP contribution in [0.4, 0.5) is 15.8 Å². The van der Waals surface area contributed by atoms with Crippen molar-refractivity contribution < 1.29 is 22.3 Å². The molecule has 0 heterocycles. The molecule has 0 spiro atoms. The minimum Gasteiger partial charge on any atom is -0.497 e. The minimum absolute atomic E-state index is 0.0776. The Bertz CT molecular complexity index is 1200. The molecule has 156 valence electrons. The number of carbonyl (C=O) groups is 1. The maximum Gasteiger partial charge on any atom is 0.261 e. The molecule has 1 amide bonds. The first-order chi connectivity index (χ1) is 14.2. The summed E-state index contributed by atoms with van der Waals surface area (Å²) in [6.45, 7) is 1.68. The SMILES string of the molecule is COc1ccc(NS(=O)(=O)c2ccc(C)c(C(=O)Nc3ccc(F)c(Cl)c3)c2)cc1. The normalized spacial score (nSPS) is 11.1. The summed E-state index contributed by atoms with van der Waals surface area (Å²) in [5.41, 5.74) is 1.37. The highest BCUT2D eigenvalue weighted by molar-refractivity contribution is 7.92. The van der Waals surface area contributed by atoms with E-state index in [9.17, 15) is 17.6 Å². The first-order valence-corrected chi connectivity index (χ1v) is 10.6. The van der Waals surface area contributed by atoms with E-state index in [2.05, 4.69) is 10.0 Å². The quantitative estimate of drug-likeness (QED) is 0.564. The van der Waals surface area contributed by atoms with Gasteiger partial charge in [-0.05, 0) is 67.1 Å². The third-order valence-electron chi connectivity index (χ3n) is 4.28. The van der Waals surface area contributed by atoms with Crippen LogP contribution in [0, 0.1) is 12.7 Å². The lowest BCUT2D eigenvalue weighted by Crippen LogP contribution is -2.17. The number of hydrogen-bond donors (Lipinski definition) is 2. The van der Waals surface area contributed by atoms with Gasteiger partial charge in [-0.3, -0.25) is 9.52 Å². The van der Waals surface area contributed by atoms with Crippen molar-refractivity contribution in [2.45, 2.75) is 11.8 Å². The Labute approximate surface area is 178 Å². The van der Waals surface area contributed by atoms with Gasteiger partial charge in [0.2, 0.25) is 0 Å². The molecule has 0 atom stereocenters. The Morgan fingerprint density at radius 1 is 1.00 bits per heavy atom. The van der Waals surface area contributed by atoms with E-state index >= 15 is 0 Å². The number of anilines is 2. The largest absolute Gasteiger partial charge is 0.497 e. The lowest BCUT2D eigenvalue weighted by atomic mass is 10.1. The molecule has 3 aromatic rings. The number of aryl methyl sites for hydroxylation is 1. The van der Waals surface area contributed by atoms with Gasteiger partial charge in [0.05, 0.1) is 17.0 Å². The first kappa shape index (κ1) is 21.6. The number of amides is 1. The topological polar surface area (TPSA) is 84.5 Å². The standard InChI is InChI=1S/C21H18ClFN2O4S/c1-13-3-9-17(30(27,28)25-14-4-7-16(29-2)8-5-14)12-18(13)21(26)24-15-6-10-20(23)19(22)11-15/h3-12,25H,1-2H3,(H,24,26). The van der Waals surface area contributed by atoms with Gasteiger partial charge in [0.15, 0.2) is 0 Å². The molecule has 0 aliphatic rings. The van der Waals surface area contributed by atoms with E-state index in [1.165, 1.54) is 37.4 Å². The Hall–Kier alpha value is -3.10. The van der Waals surface area contributed by atoms with E-state index in [1.54, 1.807) is 31.2 Å². The number of hydrogen-bond acceptors (Lipinski definition) is 4. The van der Waals surface area contributed by atoms with Crippen molar-refractivity contribution in [2.24, 2.45) is 0 Å².